The number of hydrogen-bond donors (Lipinski definition) is 0. The lowest BCUT2D eigenvalue weighted by molar-refractivity contribution is -0.145. The zero-order chi connectivity index (χ0) is 11.5. The smallest absolute Gasteiger partial charge is 0.451 e. The Labute approximate surface area is 84.6 Å². The van der Waals surface area contributed by atoms with E-state index >= 15 is 0 Å². The Morgan fingerprint density at radius 3 is 2.73 bits per heavy atom. The summed E-state index contributed by atoms with van der Waals surface area (Å²) in [5.41, 5.74) is 0.696. The summed E-state index contributed by atoms with van der Waals surface area (Å²) in [5, 5.41) is 0. The van der Waals surface area contributed by atoms with Crippen molar-refractivity contribution in [2.75, 3.05) is 6.61 Å². The fourth-order valence-electron chi connectivity index (χ4n) is 0.756. The number of alkyl halides is 3. The van der Waals surface area contributed by atoms with Crippen LogP contribution in [0.25, 0.3) is 0 Å². The molecule has 1 aromatic rings. The average molecular weight is 218 g/mol. The molecule has 0 unspecified atom stereocenters. The second-order valence-corrected chi connectivity index (χ2v) is 2.96. The van der Waals surface area contributed by atoms with E-state index in [9.17, 15) is 13.2 Å². The topological polar surface area (TPSA) is 35.0 Å². The van der Waals surface area contributed by atoms with Crippen LogP contribution < -0.4 is 4.74 Å². The SMILES string of the molecule is C=C(C)COc1ccnc(C(F)(F)F)n1. The lowest BCUT2D eigenvalue weighted by Crippen LogP contribution is -2.11. The summed E-state index contributed by atoms with van der Waals surface area (Å²) in [5.74, 6) is -1.32. The van der Waals surface area contributed by atoms with Crippen molar-refractivity contribution in [2.45, 2.75) is 13.1 Å². The molecule has 0 atom stereocenters. The van der Waals surface area contributed by atoms with E-state index in [1.165, 1.54) is 6.07 Å². The molecule has 82 valence electrons. The monoisotopic (exact) mass is 218 g/mol. The third kappa shape index (κ3) is 3.57. The lowest BCUT2D eigenvalue weighted by atomic mass is 10.4. The molecule has 0 aliphatic rings. The predicted molar refractivity (Wildman–Crippen MR) is 47.3 cm³/mol. The predicted octanol–water partition coefficient (Wildman–Crippen LogP) is 2.45. The molecule has 0 aliphatic heterocycles. The maximum Gasteiger partial charge on any atom is 0.451 e. The van der Waals surface area contributed by atoms with Gasteiger partial charge in [0.25, 0.3) is 0 Å². The number of nitrogens with zero attached hydrogens (tertiary/aromatic N) is 2. The highest BCUT2D eigenvalue weighted by molar-refractivity contribution is 5.11. The normalized spacial score (nSPS) is 11.2. The largest absolute Gasteiger partial charge is 0.473 e. The third-order valence-corrected chi connectivity index (χ3v) is 1.35. The van der Waals surface area contributed by atoms with Crippen LogP contribution in [0.1, 0.15) is 12.7 Å². The minimum Gasteiger partial charge on any atom is -0.473 e. The highest BCUT2D eigenvalue weighted by atomic mass is 19.4. The van der Waals surface area contributed by atoms with Gasteiger partial charge in [-0.05, 0) is 12.5 Å². The first kappa shape index (κ1) is 11.5. The van der Waals surface area contributed by atoms with Crippen molar-refractivity contribution in [1.82, 2.24) is 9.97 Å². The minimum atomic E-state index is -4.55. The van der Waals surface area contributed by atoms with Gasteiger partial charge in [0.2, 0.25) is 11.7 Å². The van der Waals surface area contributed by atoms with Crippen molar-refractivity contribution >= 4 is 0 Å². The maximum absolute atomic E-state index is 12.2. The third-order valence-electron chi connectivity index (χ3n) is 1.35. The summed E-state index contributed by atoms with van der Waals surface area (Å²) < 4.78 is 41.5. The van der Waals surface area contributed by atoms with Crippen LogP contribution in [0.5, 0.6) is 5.88 Å². The molecule has 0 saturated heterocycles. The van der Waals surface area contributed by atoms with E-state index in [1.54, 1.807) is 6.92 Å². The standard InChI is InChI=1S/C9H9F3N2O/c1-6(2)5-15-7-3-4-13-8(14-7)9(10,11)12/h3-4H,1,5H2,2H3. The van der Waals surface area contributed by atoms with Gasteiger partial charge < -0.3 is 4.74 Å². The van der Waals surface area contributed by atoms with Crippen molar-refractivity contribution in [2.24, 2.45) is 0 Å². The Balaban J connectivity index is 2.79. The second kappa shape index (κ2) is 4.29. The highest BCUT2D eigenvalue weighted by Gasteiger charge is 2.34. The summed E-state index contributed by atoms with van der Waals surface area (Å²) >= 11 is 0. The maximum atomic E-state index is 12.2. The van der Waals surface area contributed by atoms with Crippen LogP contribution in [0.2, 0.25) is 0 Å². The van der Waals surface area contributed by atoms with E-state index in [0.29, 0.717) is 5.57 Å². The fraction of sp³-hybridized carbons (Fsp3) is 0.333. The summed E-state index contributed by atoms with van der Waals surface area (Å²) in [7, 11) is 0. The second-order valence-electron chi connectivity index (χ2n) is 2.96. The lowest BCUT2D eigenvalue weighted by Gasteiger charge is -2.07. The molecule has 1 aromatic heterocycles. The van der Waals surface area contributed by atoms with Crippen LogP contribution in [-0.4, -0.2) is 16.6 Å². The fourth-order valence-corrected chi connectivity index (χ4v) is 0.756. The molecule has 0 N–H and O–H groups in total. The first-order chi connectivity index (χ1) is 6.89. The molecule has 3 nitrogen and oxygen atoms in total. The van der Waals surface area contributed by atoms with Crippen LogP contribution in [0.3, 0.4) is 0 Å². The molecule has 0 fully saturated rings. The van der Waals surface area contributed by atoms with E-state index in [4.69, 9.17) is 4.74 Å². The Hall–Kier alpha value is -1.59. The number of halogens is 3. The summed E-state index contributed by atoms with van der Waals surface area (Å²) in [6.45, 7) is 5.38. The molecule has 0 aliphatic carbocycles. The van der Waals surface area contributed by atoms with Gasteiger partial charge in [-0.25, -0.2) is 4.98 Å². The Morgan fingerprint density at radius 1 is 1.53 bits per heavy atom. The number of aromatic nitrogens is 2. The van der Waals surface area contributed by atoms with Crippen molar-refractivity contribution in [1.29, 1.82) is 0 Å². The summed E-state index contributed by atoms with van der Waals surface area (Å²) in [6, 6.07) is 1.26. The van der Waals surface area contributed by atoms with Crippen LogP contribution in [-0.2, 0) is 6.18 Å². The first-order valence-electron chi connectivity index (χ1n) is 4.07. The number of ether oxygens (including phenoxy) is 1. The Kier molecular flexibility index (Phi) is 3.28. The number of hydrogen-bond acceptors (Lipinski definition) is 3. The Morgan fingerprint density at radius 2 is 2.20 bits per heavy atom. The van der Waals surface area contributed by atoms with Gasteiger partial charge in [-0.3, -0.25) is 0 Å². The van der Waals surface area contributed by atoms with Crippen LogP contribution in [0.15, 0.2) is 24.4 Å². The quantitative estimate of drug-likeness (QED) is 0.731. The van der Waals surface area contributed by atoms with Crippen molar-refractivity contribution in [3.05, 3.63) is 30.2 Å². The Bertz CT molecular complexity index is 363. The molecule has 1 heterocycles. The van der Waals surface area contributed by atoms with E-state index < -0.39 is 12.0 Å². The van der Waals surface area contributed by atoms with E-state index in [0.717, 1.165) is 6.20 Å². The average Bonchev–Trinajstić information content (AvgIpc) is 2.14. The van der Waals surface area contributed by atoms with Crippen molar-refractivity contribution in [3.63, 3.8) is 0 Å². The van der Waals surface area contributed by atoms with Crippen LogP contribution >= 0.6 is 0 Å². The van der Waals surface area contributed by atoms with Gasteiger partial charge in [-0.1, -0.05) is 6.58 Å². The van der Waals surface area contributed by atoms with Gasteiger partial charge in [0.05, 0.1) is 0 Å². The van der Waals surface area contributed by atoms with Gasteiger partial charge in [0.15, 0.2) is 0 Å². The molecular weight excluding hydrogens is 209 g/mol. The van der Waals surface area contributed by atoms with Crippen LogP contribution in [0.4, 0.5) is 13.2 Å². The van der Waals surface area contributed by atoms with Gasteiger partial charge >= 0.3 is 6.18 Å². The minimum absolute atomic E-state index is 0.111. The molecule has 0 bridgehead atoms. The van der Waals surface area contributed by atoms with Gasteiger partial charge in [-0.2, -0.15) is 18.2 Å². The molecule has 15 heavy (non-hydrogen) atoms. The molecule has 0 saturated carbocycles. The molecule has 0 amide bonds. The van der Waals surface area contributed by atoms with E-state index in [2.05, 4.69) is 16.5 Å². The highest BCUT2D eigenvalue weighted by Crippen LogP contribution is 2.26. The molecule has 1 rings (SSSR count). The molecule has 6 heteroatoms. The summed E-state index contributed by atoms with van der Waals surface area (Å²) in [6.07, 6.45) is -3.55. The number of rotatable bonds is 3. The van der Waals surface area contributed by atoms with E-state index in [1.807, 2.05) is 0 Å². The van der Waals surface area contributed by atoms with Crippen LogP contribution in [0, 0.1) is 0 Å². The molecule has 0 aromatic carbocycles. The van der Waals surface area contributed by atoms with Crippen molar-refractivity contribution < 1.29 is 17.9 Å². The first-order valence-corrected chi connectivity index (χ1v) is 4.07. The molecular formula is C9H9F3N2O. The summed E-state index contributed by atoms with van der Waals surface area (Å²) in [4.78, 5) is 6.32. The zero-order valence-corrected chi connectivity index (χ0v) is 8.01. The van der Waals surface area contributed by atoms with Gasteiger partial charge in [0.1, 0.15) is 6.61 Å². The zero-order valence-electron chi connectivity index (χ0n) is 8.01. The van der Waals surface area contributed by atoms with Crippen molar-refractivity contribution in [3.8, 4) is 5.88 Å². The van der Waals surface area contributed by atoms with Gasteiger partial charge in [0, 0.05) is 12.3 Å². The van der Waals surface area contributed by atoms with Gasteiger partial charge in [-0.15, -0.1) is 0 Å². The van der Waals surface area contributed by atoms with E-state index in [-0.39, 0.29) is 12.5 Å². The molecule has 0 spiro atoms. The molecule has 0 radical (unpaired) electrons.